The van der Waals surface area contributed by atoms with Crippen LogP contribution in [0.25, 0.3) is 0 Å². The molecule has 0 aliphatic carbocycles. The van der Waals surface area contributed by atoms with Crippen LogP contribution < -0.4 is 4.74 Å². The van der Waals surface area contributed by atoms with E-state index >= 15 is 0 Å². The molecule has 0 atom stereocenters. The van der Waals surface area contributed by atoms with Crippen molar-refractivity contribution in [3.8, 4) is 11.8 Å². The molecule has 4 heteroatoms. The van der Waals surface area contributed by atoms with E-state index in [0.717, 1.165) is 5.56 Å². The molecule has 1 aromatic heterocycles. The predicted molar refractivity (Wildman–Crippen MR) is 59.7 cm³/mol. The Balaban J connectivity index is 2.06. The summed E-state index contributed by atoms with van der Waals surface area (Å²) in [6, 6.07) is 9.59. The van der Waals surface area contributed by atoms with E-state index in [1.807, 2.05) is 6.07 Å². The van der Waals surface area contributed by atoms with Gasteiger partial charge in [0, 0.05) is 24.0 Å². The van der Waals surface area contributed by atoms with Crippen LogP contribution in [0.1, 0.15) is 11.1 Å². The predicted octanol–water partition coefficient (Wildman–Crippen LogP) is 2.67. The van der Waals surface area contributed by atoms with Crippen molar-refractivity contribution in [2.24, 2.45) is 0 Å². The summed E-state index contributed by atoms with van der Waals surface area (Å²) in [5.41, 5.74) is 0.913. The number of nitrogens with zero attached hydrogens (tertiary/aromatic N) is 2. The number of rotatable bonds is 3. The lowest BCUT2D eigenvalue weighted by Crippen LogP contribution is -1.96. The van der Waals surface area contributed by atoms with Crippen LogP contribution in [0.3, 0.4) is 0 Å². The van der Waals surface area contributed by atoms with Crippen molar-refractivity contribution in [3.63, 3.8) is 0 Å². The molecular formula is C13H9FN2O. The number of hydrogen-bond acceptors (Lipinski definition) is 3. The molecule has 0 fully saturated rings. The average Bonchev–Trinajstić information content (AvgIpc) is 2.38. The molecule has 1 aromatic carbocycles. The van der Waals surface area contributed by atoms with Gasteiger partial charge in [-0.3, -0.25) is 4.98 Å². The van der Waals surface area contributed by atoms with Gasteiger partial charge in [-0.1, -0.05) is 6.07 Å². The van der Waals surface area contributed by atoms with Gasteiger partial charge in [0.2, 0.25) is 0 Å². The number of hydrogen-bond donors (Lipinski definition) is 0. The molecule has 0 N–H and O–H groups in total. The van der Waals surface area contributed by atoms with Gasteiger partial charge in [-0.2, -0.15) is 5.26 Å². The molecule has 0 amide bonds. The van der Waals surface area contributed by atoms with E-state index in [4.69, 9.17) is 10.00 Å². The van der Waals surface area contributed by atoms with Gasteiger partial charge in [-0.25, -0.2) is 4.39 Å². The fourth-order valence-electron chi connectivity index (χ4n) is 1.33. The zero-order chi connectivity index (χ0) is 12.1. The van der Waals surface area contributed by atoms with Gasteiger partial charge < -0.3 is 4.74 Å². The van der Waals surface area contributed by atoms with E-state index in [0.29, 0.717) is 12.4 Å². The van der Waals surface area contributed by atoms with Crippen LogP contribution in [0.15, 0.2) is 42.7 Å². The van der Waals surface area contributed by atoms with Crippen molar-refractivity contribution < 1.29 is 9.13 Å². The van der Waals surface area contributed by atoms with Crippen molar-refractivity contribution in [1.82, 2.24) is 4.98 Å². The number of nitriles is 1. The molecule has 0 spiro atoms. The Morgan fingerprint density at radius 2 is 2.24 bits per heavy atom. The third-order valence-electron chi connectivity index (χ3n) is 2.19. The second-order valence-corrected chi connectivity index (χ2v) is 3.40. The van der Waals surface area contributed by atoms with Gasteiger partial charge in [0.1, 0.15) is 24.2 Å². The molecule has 2 aromatic rings. The minimum absolute atomic E-state index is 0.0127. The number of benzene rings is 1. The summed E-state index contributed by atoms with van der Waals surface area (Å²) in [6.45, 7) is 0.319. The van der Waals surface area contributed by atoms with Gasteiger partial charge in [0.25, 0.3) is 0 Å². The normalized spacial score (nSPS) is 9.65. The van der Waals surface area contributed by atoms with Crippen molar-refractivity contribution >= 4 is 0 Å². The highest BCUT2D eigenvalue weighted by Crippen LogP contribution is 2.17. The zero-order valence-electron chi connectivity index (χ0n) is 8.93. The number of ether oxygens (including phenoxy) is 1. The largest absolute Gasteiger partial charge is 0.489 e. The van der Waals surface area contributed by atoms with Crippen molar-refractivity contribution in [1.29, 1.82) is 5.26 Å². The van der Waals surface area contributed by atoms with Crippen molar-refractivity contribution in [2.75, 3.05) is 0 Å². The molecule has 1 heterocycles. The minimum atomic E-state index is -0.573. The first-order valence-electron chi connectivity index (χ1n) is 5.01. The number of halogens is 1. The molecular weight excluding hydrogens is 219 g/mol. The quantitative estimate of drug-likeness (QED) is 0.811. The standard InChI is InChI=1S/C13H9FN2O/c14-13-6-12(4-3-11(13)7-15)17-9-10-2-1-5-16-8-10/h1-6,8H,9H2. The van der Waals surface area contributed by atoms with E-state index in [1.165, 1.54) is 12.1 Å². The molecule has 2 rings (SSSR count). The molecule has 3 nitrogen and oxygen atoms in total. The maximum absolute atomic E-state index is 13.3. The summed E-state index contributed by atoms with van der Waals surface area (Å²) in [7, 11) is 0. The maximum Gasteiger partial charge on any atom is 0.144 e. The van der Waals surface area contributed by atoms with Crippen LogP contribution in [0.4, 0.5) is 4.39 Å². The number of pyridine rings is 1. The molecule has 0 saturated heterocycles. The SMILES string of the molecule is N#Cc1ccc(OCc2cccnc2)cc1F. The fraction of sp³-hybridized carbons (Fsp3) is 0.0769. The molecule has 0 saturated carbocycles. The molecule has 0 bridgehead atoms. The summed E-state index contributed by atoms with van der Waals surface area (Å²) < 4.78 is 18.6. The summed E-state index contributed by atoms with van der Waals surface area (Å²) in [6.07, 6.45) is 3.35. The molecule has 0 aliphatic heterocycles. The van der Waals surface area contributed by atoms with Crippen LogP contribution in [0.5, 0.6) is 5.75 Å². The summed E-state index contributed by atoms with van der Waals surface area (Å²) in [5.74, 6) is -0.179. The summed E-state index contributed by atoms with van der Waals surface area (Å²) >= 11 is 0. The highest BCUT2D eigenvalue weighted by molar-refractivity contribution is 5.36. The molecule has 17 heavy (non-hydrogen) atoms. The Hall–Kier alpha value is -2.41. The van der Waals surface area contributed by atoms with Gasteiger partial charge in [0.05, 0.1) is 5.56 Å². The fourth-order valence-corrected chi connectivity index (χ4v) is 1.33. The first kappa shape index (κ1) is 11.1. The summed E-state index contributed by atoms with van der Waals surface area (Å²) in [4.78, 5) is 3.94. The van der Waals surface area contributed by atoms with Crippen LogP contribution in [0, 0.1) is 17.1 Å². The Labute approximate surface area is 98.1 Å². The Bertz CT molecular complexity index is 549. The van der Waals surface area contributed by atoms with E-state index in [2.05, 4.69) is 4.98 Å². The maximum atomic E-state index is 13.3. The summed E-state index contributed by atoms with van der Waals surface area (Å²) in [5, 5.41) is 8.58. The lowest BCUT2D eigenvalue weighted by molar-refractivity contribution is 0.304. The third-order valence-corrected chi connectivity index (χ3v) is 2.19. The van der Waals surface area contributed by atoms with E-state index in [9.17, 15) is 4.39 Å². The molecule has 0 aliphatic rings. The lowest BCUT2D eigenvalue weighted by atomic mass is 10.2. The highest BCUT2D eigenvalue weighted by Gasteiger charge is 2.03. The number of aromatic nitrogens is 1. The minimum Gasteiger partial charge on any atom is -0.489 e. The molecule has 0 radical (unpaired) electrons. The van der Waals surface area contributed by atoms with E-state index in [1.54, 1.807) is 30.6 Å². The zero-order valence-corrected chi connectivity index (χ0v) is 8.93. The molecule has 84 valence electrons. The monoisotopic (exact) mass is 228 g/mol. The Morgan fingerprint density at radius 1 is 1.35 bits per heavy atom. The van der Waals surface area contributed by atoms with Crippen molar-refractivity contribution in [2.45, 2.75) is 6.61 Å². The van der Waals surface area contributed by atoms with Gasteiger partial charge in [-0.05, 0) is 18.2 Å². The van der Waals surface area contributed by atoms with Crippen LogP contribution >= 0.6 is 0 Å². The second-order valence-electron chi connectivity index (χ2n) is 3.40. The van der Waals surface area contributed by atoms with E-state index < -0.39 is 5.82 Å². The first-order chi connectivity index (χ1) is 8.29. The van der Waals surface area contributed by atoms with Crippen LogP contribution in [-0.2, 0) is 6.61 Å². The van der Waals surface area contributed by atoms with Crippen LogP contribution in [-0.4, -0.2) is 4.98 Å². The van der Waals surface area contributed by atoms with Gasteiger partial charge in [0.15, 0.2) is 0 Å². The highest BCUT2D eigenvalue weighted by atomic mass is 19.1. The van der Waals surface area contributed by atoms with E-state index in [-0.39, 0.29) is 5.56 Å². The van der Waals surface area contributed by atoms with Gasteiger partial charge in [-0.15, -0.1) is 0 Å². The van der Waals surface area contributed by atoms with Crippen molar-refractivity contribution in [3.05, 3.63) is 59.7 Å². The smallest absolute Gasteiger partial charge is 0.144 e. The Kier molecular flexibility index (Phi) is 3.31. The topological polar surface area (TPSA) is 45.9 Å². The molecule has 0 unspecified atom stereocenters. The first-order valence-corrected chi connectivity index (χ1v) is 5.01. The van der Waals surface area contributed by atoms with Crippen LogP contribution in [0.2, 0.25) is 0 Å². The third kappa shape index (κ3) is 2.79. The average molecular weight is 228 g/mol. The Morgan fingerprint density at radius 3 is 2.88 bits per heavy atom. The van der Waals surface area contributed by atoms with Gasteiger partial charge >= 0.3 is 0 Å². The second kappa shape index (κ2) is 5.08. The lowest BCUT2D eigenvalue weighted by Gasteiger charge is -2.06.